The minimum atomic E-state index is 0.0660. The van der Waals surface area contributed by atoms with E-state index in [9.17, 15) is 4.79 Å². The van der Waals surface area contributed by atoms with Crippen molar-refractivity contribution in [2.75, 3.05) is 20.6 Å². The molecule has 0 atom stereocenters. The first-order valence-electron chi connectivity index (χ1n) is 7.09. The Hall–Kier alpha value is -2.33. The fourth-order valence-corrected chi connectivity index (χ4v) is 2.54. The largest absolute Gasteiger partial charge is 0.308 e. The molecular weight excluding hydrogens is 262 g/mol. The molecule has 4 nitrogen and oxygen atoms in total. The maximum atomic E-state index is 12.7. The summed E-state index contributed by atoms with van der Waals surface area (Å²) in [5, 5.41) is 0.764. The summed E-state index contributed by atoms with van der Waals surface area (Å²) in [5.41, 5.74) is 2.03. The van der Waals surface area contributed by atoms with Crippen molar-refractivity contribution in [2.45, 2.75) is 6.54 Å². The van der Waals surface area contributed by atoms with Gasteiger partial charge in [-0.2, -0.15) is 0 Å². The highest BCUT2D eigenvalue weighted by Gasteiger charge is 2.13. The van der Waals surface area contributed by atoms with Crippen LogP contribution in [-0.4, -0.2) is 34.9 Å². The van der Waals surface area contributed by atoms with Crippen LogP contribution in [0, 0.1) is 0 Å². The summed E-state index contributed by atoms with van der Waals surface area (Å²) in [6.07, 6.45) is 0. The molecule has 0 spiro atoms. The van der Waals surface area contributed by atoms with Crippen LogP contribution in [0.15, 0.2) is 59.4 Å². The number of nitrogens with zero attached hydrogens (tertiary/aromatic N) is 3. The summed E-state index contributed by atoms with van der Waals surface area (Å²) in [7, 11) is 4.03. The summed E-state index contributed by atoms with van der Waals surface area (Å²) in [6.45, 7) is 1.48. The first kappa shape index (κ1) is 13.6. The smallest absolute Gasteiger partial charge is 0.274 e. The van der Waals surface area contributed by atoms with E-state index < -0.39 is 0 Å². The second kappa shape index (κ2) is 5.58. The fourth-order valence-electron chi connectivity index (χ4n) is 2.54. The molecule has 0 saturated heterocycles. The van der Waals surface area contributed by atoms with Crippen molar-refractivity contribution in [2.24, 2.45) is 0 Å². The first-order chi connectivity index (χ1) is 10.2. The van der Waals surface area contributed by atoms with Gasteiger partial charge in [0.1, 0.15) is 0 Å². The molecule has 1 heterocycles. The maximum Gasteiger partial charge on any atom is 0.274 e. The van der Waals surface area contributed by atoms with Crippen molar-refractivity contribution < 1.29 is 0 Å². The van der Waals surface area contributed by atoms with E-state index >= 15 is 0 Å². The average molecular weight is 281 g/mol. The lowest BCUT2D eigenvalue weighted by molar-refractivity contribution is 0.362. The van der Waals surface area contributed by atoms with Crippen LogP contribution in [-0.2, 0) is 6.54 Å². The highest BCUT2D eigenvalue weighted by Crippen LogP contribution is 2.17. The summed E-state index contributed by atoms with van der Waals surface area (Å²) in [5.74, 6) is 0. The van der Waals surface area contributed by atoms with E-state index in [1.165, 1.54) is 0 Å². The molecule has 0 aliphatic rings. The molecule has 0 bridgehead atoms. The molecule has 1 aromatic heterocycles. The molecule has 0 amide bonds. The van der Waals surface area contributed by atoms with Crippen LogP contribution < -0.4 is 5.56 Å². The monoisotopic (exact) mass is 281 g/mol. The lowest BCUT2D eigenvalue weighted by Gasteiger charge is -2.15. The summed E-state index contributed by atoms with van der Waals surface area (Å²) >= 11 is 0. The Labute approximate surface area is 123 Å². The number of fused-ring (bicyclic) bond motifs is 1. The van der Waals surface area contributed by atoms with Gasteiger partial charge in [-0.3, -0.25) is 9.48 Å². The zero-order chi connectivity index (χ0) is 14.8. The lowest BCUT2D eigenvalue weighted by atomic mass is 10.2. The maximum absolute atomic E-state index is 12.7. The zero-order valence-electron chi connectivity index (χ0n) is 12.4. The topological polar surface area (TPSA) is 30.2 Å². The highest BCUT2D eigenvalue weighted by molar-refractivity contribution is 5.80. The van der Waals surface area contributed by atoms with Gasteiger partial charge in [0.25, 0.3) is 5.56 Å². The predicted molar refractivity (Wildman–Crippen MR) is 86.1 cm³/mol. The Morgan fingerprint density at radius 3 is 2.33 bits per heavy atom. The van der Waals surface area contributed by atoms with Crippen LogP contribution in [0.3, 0.4) is 0 Å². The molecule has 0 aliphatic heterocycles. The van der Waals surface area contributed by atoms with Gasteiger partial charge in [-0.05, 0) is 38.4 Å². The molecule has 0 aliphatic carbocycles. The number of benzene rings is 2. The van der Waals surface area contributed by atoms with Crippen molar-refractivity contribution in [1.82, 2.24) is 14.3 Å². The van der Waals surface area contributed by atoms with Gasteiger partial charge < -0.3 is 4.90 Å². The van der Waals surface area contributed by atoms with Crippen LogP contribution in [0.4, 0.5) is 0 Å². The number of likely N-dealkylation sites (N-methyl/N-ethyl adjacent to an activating group) is 1. The van der Waals surface area contributed by atoms with E-state index in [0.717, 1.165) is 23.1 Å². The Balaban J connectivity index is 2.24. The quantitative estimate of drug-likeness (QED) is 0.735. The standard InChI is InChI=1S/C17H19N3O/c1-18(2)12-13-19-17(21)15-10-6-7-11-16(15)20(19)14-8-4-3-5-9-14/h3-11H,12-13H2,1-2H3. The van der Waals surface area contributed by atoms with Gasteiger partial charge >= 0.3 is 0 Å². The number of aromatic nitrogens is 2. The second-order valence-corrected chi connectivity index (χ2v) is 5.40. The fraction of sp³-hybridized carbons (Fsp3) is 0.235. The zero-order valence-corrected chi connectivity index (χ0v) is 12.4. The molecule has 0 unspecified atom stereocenters. The number of rotatable bonds is 4. The van der Waals surface area contributed by atoms with Crippen molar-refractivity contribution in [1.29, 1.82) is 0 Å². The van der Waals surface area contributed by atoms with Gasteiger partial charge in [0.2, 0.25) is 0 Å². The van der Waals surface area contributed by atoms with Gasteiger partial charge in [-0.15, -0.1) is 0 Å². The van der Waals surface area contributed by atoms with Crippen LogP contribution in [0.2, 0.25) is 0 Å². The third-order valence-corrected chi connectivity index (χ3v) is 3.60. The van der Waals surface area contributed by atoms with Crippen LogP contribution in [0.1, 0.15) is 0 Å². The number of hydrogen-bond acceptors (Lipinski definition) is 2. The van der Waals surface area contributed by atoms with Crippen LogP contribution in [0.5, 0.6) is 0 Å². The molecule has 4 heteroatoms. The van der Waals surface area contributed by atoms with E-state index in [2.05, 4.69) is 4.90 Å². The minimum Gasteiger partial charge on any atom is -0.308 e. The van der Waals surface area contributed by atoms with Gasteiger partial charge in [-0.25, -0.2) is 4.68 Å². The summed E-state index contributed by atoms with van der Waals surface area (Å²) in [6, 6.07) is 17.8. The van der Waals surface area contributed by atoms with Crippen LogP contribution in [0.25, 0.3) is 16.6 Å². The van der Waals surface area contributed by atoms with E-state index in [4.69, 9.17) is 0 Å². The van der Waals surface area contributed by atoms with Crippen molar-refractivity contribution in [3.8, 4) is 5.69 Å². The molecular formula is C17H19N3O. The third-order valence-electron chi connectivity index (χ3n) is 3.60. The molecule has 3 rings (SSSR count). The molecule has 0 fully saturated rings. The molecule has 0 radical (unpaired) electrons. The van der Waals surface area contributed by atoms with Gasteiger partial charge in [-0.1, -0.05) is 30.3 Å². The summed E-state index contributed by atoms with van der Waals surface area (Å²) in [4.78, 5) is 14.7. The lowest BCUT2D eigenvalue weighted by Crippen LogP contribution is -2.28. The van der Waals surface area contributed by atoms with Gasteiger partial charge in [0.15, 0.2) is 0 Å². The molecule has 3 aromatic rings. The highest BCUT2D eigenvalue weighted by atomic mass is 16.1. The normalized spacial score (nSPS) is 11.4. The Bertz CT molecular complexity index is 800. The number of hydrogen-bond donors (Lipinski definition) is 0. The van der Waals surface area contributed by atoms with Gasteiger partial charge in [0.05, 0.1) is 23.1 Å². The average Bonchev–Trinajstić information content (AvgIpc) is 2.79. The molecule has 0 N–H and O–H groups in total. The molecule has 108 valence electrons. The Kier molecular flexibility index (Phi) is 3.62. The third kappa shape index (κ3) is 2.50. The molecule has 21 heavy (non-hydrogen) atoms. The molecule has 0 saturated carbocycles. The second-order valence-electron chi connectivity index (χ2n) is 5.40. The van der Waals surface area contributed by atoms with E-state index in [-0.39, 0.29) is 5.56 Å². The Morgan fingerprint density at radius 2 is 1.62 bits per heavy atom. The molecule has 2 aromatic carbocycles. The SMILES string of the molecule is CN(C)CCn1c(=O)c2ccccc2n1-c1ccccc1. The minimum absolute atomic E-state index is 0.0660. The first-order valence-corrected chi connectivity index (χ1v) is 7.09. The van der Waals surface area contributed by atoms with Crippen molar-refractivity contribution in [3.63, 3.8) is 0 Å². The van der Waals surface area contributed by atoms with Crippen LogP contribution >= 0.6 is 0 Å². The summed E-state index contributed by atoms with van der Waals surface area (Å²) < 4.78 is 3.83. The predicted octanol–water partition coefficient (Wildman–Crippen LogP) is 2.35. The van der Waals surface area contributed by atoms with Crippen molar-refractivity contribution >= 4 is 10.9 Å². The van der Waals surface area contributed by atoms with E-state index in [0.29, 0.717) is 6.54 Å². The number of para-hydroxylation sites is 2. The van der Waals surface area contributed by atoms with E-state index in [1.54, 1.807) is 0 Å². The van der Waals surface area contributed by atoms with Gasteiger partial charge in [0, 0.05) is 6.54 Å². The van der Waals surface area contributed by atoms with Crippen molar-refractivity contribution in [3.05, 3.63) is 65.0 Å². The Morgan fingerprint density at radius 1 is 0.952 bits per heavy atom. The van der Waals surface area contributed by atoms with E-state index in [1.807, 2.05) is 78.1 Å².